The molecule has 1 unspecified atom stereocenters. The third kappa shape index (κ3) is 2.13. The number of benzene rings is 1. The molecule has 0 saturated carbocycles. The predicted molar refractivity (Wildman–Crippen MR) is 69.8 cm³/mol. The van der Waals surface area contributed by atoms with E-state index in [-0.39, 0.29) is 6.10 Å². The van der Waals surface area contributed by atoms with E-state index in [9.17, 15) is 0 Å². The van der Waals surface area contributed by atoms with Crippen LogP contribution in [0.15, 0.2) is 27.2 Å². The van der Waals surface area contributed by atoms with Crippen LogP contribution in [-0.4, -0.2) is 16.7 Å². The number of halogens is 1. The monoisotopic (exact) mass is 309 g/mol. The summed E-state index contributed by atoms with van der Waals surface area (Å²) in [7, 11) is 0. The lowest BCUT2D eigenvalue weighted by Crippen LogP contribution is -1.98. The summed E-state index contributed by atoms with van der Waals surface area (Å²) in [5, 5.41) is 3.96. The molecule has 2 N–H and O–H groups in total. The molecule has 2 aromatic rings. The normalized spacial score (nSPS) is 19.3. The number of nitrogens with zero attached hydrogens (tertiary/aromatic N) is 2. The molecule has 0 spiro atoms. The second kappa shape index (κ2) is 4.70. The van der Waals surface area contributed by atoms with Gasteiger partial charge in [-0.1, -0.05) is 21.1 Å². The fourth-order valence-electron chi connectivity index (χ4n) is 1.98. The molecule has 1 atom stereocenters. The summed E-state index contributed by atoms with van der Waals surface area (Å²) in [4.78, 5) is 4.35. The minimum atomic E-state index is -0.0424. The van der Waals surface area contributed by atoms with Gasteiger partial charge in [0.25, 0.3) is 5.89 Å². The molecule has 94 valence electrons. The molecular formula is C12H12BrN3O2. The molecule has 1 aromatic carbocycles. The average Bonchev–Trinajstić information content (AvgIpc) is 2.99. The number of anilines is 1. The summed E-state index contributed by atoms with van der Waals surface area (Å²) in [6.07, 6.45) is 1.93. The molecule has 0 amide bonds. The number of aromatic nitrogens is 2. The Kier molecular flexibility index (Phi) is 3.05. The van der Waals surface area contributed by atoms with Crippen LogP contribution in [0.3, 0.4) is 0 Å². The van der Waals surface area contributed by atoms with Crippen molar-refractivity contribution in [2.24, 2.45) is 0 Å². The highest BCUT2D eigenvalue weighted by atomic mass is 79.9. The summed E-state index contributed by atoms with van der Waals surface area (Å²) in [6, 6.07) is 5.55. The highest BCUT2D eigenvalue weighted by Crippen LogP contribution is 2.31. The SMILES string of the molecule is Nc1cc(Br)ccc1-c1nc(C2CCCO2)no1. The molecule has 0 aliphatic carbocycles. The van der Waals surface area contributed by atoms with Crippen molar-refractivity contribution < 1.29 is 9.26 Å². The molecule has 2 heterocycles. The van der Waals surface area contributed by atoms with Crippen LogP contribution in [0.2, 0.25) is 0 Å². The Morgan fingerprint density at radius 3 is 3.00 bits per heavy atom. The van der Waals surface area contributed by atoms with E-state index in [2.05, 4.69) is 26.1 Å². The Morgan fingerprint density at radius 1 is 1.39 bits per heavy atom. The van der Waals surface area contributed by atoms with Crippen LogP contribution in [0, 0.1) is 0 Å². The van der Waals surface area contributed by atoms with Gasteiger partial charge < -0.3 is 15.0 Å². The van der Waals surface area contributed by atoms with E-state index in [1.807, 2.05) is 18.2 Å². The van der Waals surface area contributed by atoms with Crippen molar-refractivity contribution in [2.75, 3.05) is 12.3 Å². The Balaban J connectivity index is 1.92. The number of nitrogen functional groups attached to an aromatic ring is 1. The van der Waals surface area contributed by atoms with Gasteiger partial charge in [-0.3, -0.25) is 0 Å². The molecule has 1 saturated heterocycles. The summed E-state index contributed by atoms with van der Waals surface area (Å²) in [6.45, 7) is 0.759. The molecule has 0 bridgehead atoms. The van der Waals surface area contributed by atoms with E-state index < -0.39 is 0 Å². The molecule has 1 aromatic heterocycles. The van der Waals surface area contributed by atoms with Crippen molar-refractivity contribution in [3.05, 3.63) is 28.5 Å². The van der Waals surface area contributed by atoms with Crippen molar-refractivity contribution in [1.29, 1.82) is 0 Å². The molecule has 6 heteroatoms. The average molecular weight is 310 g/mol. The molecule has 1 aliphatic rings. The van der Waals surface area contributed by atoms with Crippen LogP contribution in [0.5, 0.6) is 0 Å². The van der Waals surface area contributed by atoms with Crippen LogP contribution >= 0.6 is 15.9 Å². The quantitative estimate of drug-likeness (QED) is 0.863. The van der Waals surface area contributed by atoms with Crippen molar-refractivity contribution >= 4 is 21.6 Å². The highest BCUT2D eigenvalue weighted by Gasteiger charge is 2.23. The Morgan fingerprint density at radius 2 is 2.28 bits per heavy atom. The number of nitrogens with two attached hydrogens (primary N) is 1. The van der Waals surface area contributed by atoms with E-state index >= 15 is 0 Å². The summed E-state index contributed by atoms with van der Waals surface area (Å²) in [5.41, 5.74) is 7.28. The molecule has 0 radical (unpaired) electrons. The van der Waals surface area contributed by atoms with Crippen LogP contribution in [0.25, 0.3) is 11.5 Å². The fourth-order valence-corrected chi connectivity index (χ4v) is 2.36. The van der Waals surface area contributed by atoms with Crippen molar-refractivity contribution in [1.82, 2.24) is 10.1 Å². The van der Waals surface area contributed by atoms with Crippen LogP contribution in [0.4, 0.5) is 5.69 Å². The van der Waals surface area contributed by atoms with E-state index in [0.29, 0.717) is 17.4 Å². The lowest BCUT2D eigenvalue weighted by molar-refractivity contribution is 0.103. The van der Waals surface area contributed by atoms with Crippen molar-refractivity contribution in [3.63, 3.8) is 0 Å². The Labute approximate surface area is 112 Å². The van der Waals surface area contributed by atoms with Gasteiger partial charge in [-0.25, -0.2) is 0 Å². The standard InChI is InChI=1S/C12H12BrN3O2/c13-7-3-4-8(9(14)6-7)12-15-11(16-18-12)10-2-1-5-17-10/h3-4,6,10H,1-2,5,14H2. The first-order valence-corrected chi connectivity index (χ1v) is 6.54. The highest BCUT2D eigenvalue weighted by molar-refractivity contribution is 9.10. The second-order valence-corrected chi connectivity index (χ2v) is 5.11. The minimum Gasteiger partial charge on any atom is -0.398 e. The topological polar surface area (TPSA) is 74.2 Å². The van der Waals surface area contributed by atoms with E-state index in [0.717, 1.165) is 29.5 Å². The largest absolute Gasteiger partial charge is 0.398 e. The zero-order chi connectivity index (χ0) is 12.5. The molecular weight excluding hydrogens is 298 g/mol. The van der Waals surface area contributed by atoms with Gasteiger partial charge in [0.1, 0.15) is 6.10 Å². The lowest BCUT2D eigenvalue weighted by atomic mass is 10.2. The summed E-state index contributed by atoms with van der Waals surface area (Å²) >= 11 is 3.36. The number of hydrogen-bond donors (Lipinski definition) is 1. The van der Waals surface area contributed by atoms with Crippen molar-refractivity contribution in [3.8, 4) is 11.5 Å². The van der Waals surface area contributed by atoms with Gasteiger partial charge in [0.05, 0.1) is 5.56 Å². The molecule has 1 aliphatic heterocycles. The summed E-state index contributed by atoms with van der Waals surface area (Å²) < 4.78 is 11.7. The first-order valence-electron chi connectivity index (χ1n) is 5.74. The van der Waals surface area contributed by atoms with Gasteiger partial charge in [-0.05, 0) is 31.0 Å². The zero-order valence-corrected chi connectivity index (χ0v) is 11.2. The lowest BCUT2D eigenvalue weighted by Gasteiger charge is -2.02. The van der Waals surface area contributed by atoms with E-state index in [4.69, 9.17) is 15.0 Å². The van der Waals surface area contributed by atoms with Gasteiger partial charge in [-0.15, -0.1) is 0 Å². The first kappa shape index (κ1) is 11.7. The van der Waals surface area contributed by atoms with Gasteiger partial charge in [0, 0.05) is 16.8 Å². The van der Waals surface area contributed by atoms with E-state index in [1.165, 1.54) is 0 Å². The van der Waals surface area contributed by atoms with E-state index in [1.54, 1.807) is 0 Å². The Bertz CT molecular complexity index is 564. The molecule has 1 fully saturated rings. The van der Waals surface area contributed by atoms with Crippen LogP contribution in [0.1, 0.15) is 24.8 Å². The first-order chi connectivity index (χ1) is 8.74. The minimum absolute atomic E-state index is 0.0424. The maximum atomic E-state index is 5.93. The van der Waals surface area contributed by atoms with Gasteiger partial charge >= 0.3 is 0 Å². The van der Waals surface area contributed by atoms with Gasteiger partial charge in [0.15, 0.2) is 0 Å². The smallest absolute Gasteiger partial charge is 0.260 e. The zero-order valence-electron chi connectivity index (χ0n) is 9.60. The predicted octanol–water partition coefficient (Wildman–Crippen LogP) is 2.93. The maximum Gasteiger partial charge on any atom is 0.260 e. The molecule has 3 rings (SSSR count). The van der Waals surface area contributed by atoms with Gasteiger partial charge in [-0.2, -0.15) is 4.98 Å². The fraction of sp³-hybridized carbons (Fsp3) is 0.333. The Hall–Kier alpha value is -1.40. The third-order valence-corrected chi connectivity index (χ3v) is 3.40. The van der Waals surface area contributed by atoms with Crippen molar-refractivity contribution in [2.45, 2.75) is 18.9 Å². The molecule has 18 heavy (non-hydrogen) atoms. The summed E-state index contributed by atoms with van der Waals surface area (Å²) in [5.74, 6) is 1.04. The number of ether oxygens (including phenoxy) is 1. The van der Waals surface area contributed by atoms with Gasteiger partial charge in [0.2, 0.25) is 5.82 Å². The van der Waals surface area contributed by atoms with Crippen LogP contribution in [-0.2, 0) is 4.74 Å². The maximum absolute atomic E-state index is 5.93. The third-order valence-electron chi connectivity index (χ3n) is 2.90. The molecule has 5 nitrogen and oxygen atoms in total. The second-order valence-electron chi connectivity index (χ2n) is 4.19. The van der Waals surface area contributed by atoms with Crippen LogP contribution < -0.4 is 5.73 Å². The number of hydrogen-bond acceptors (Lipinski definition) is 5. The number of rotatable bonds is 2.